The predicted molar refractivity (Wildman–Crippen MR) is 121 cm³/mol. The molecule has 2 atom stereocenters. The zero-order valence-corrected chi connectivity index (χ0v) is 18.0. The molecule has 0 aromatic heterocycles. The molecule has 3 amide bonds. The fourth-order valence-electron chi connectivity index (χ4n) is 2.71. The summed E-state index contributed by atoms with van der Waals surface area (Å²) in [5, 5.41) is 17.3. The summed E-state index contributed by atoms with van der Waals surface area (Å²) in [5.41, 5.74) is 2.09. The van der Waals surface area contributed by atoms with Gasteiger partial charge in [-0.2, -0.15) is 5.26 Å². The molecule has 2 aromatic rings. The molecule has 0 aliphatic rings. The number of carbonyl (C=O) groups excluding carboxylic acids is 2. The van der Waals surface area contributed by atoms with Crippen LogP contribution in [-0.4, -0.2) is 18.2 Å². The topological polar surface area (TPSA) is 103 Å². The number of benzene rings is 2. The van der Waals surface area contributed by atoms with Crippen LogP contribution < -0.4 is 16.0 Å². The first-order chi connectivity index (χ1) is 14.9. The van der Waals surface area contributed by atoms with Gasteiger partial charge in [-0.1, -0.05) is 30.7 Å². The third-order valence-corrected chi connectivity index (χ3v) is 4.71. The molecule has 2 aromatic carbocycles. The summed E-state index contributed by atoms with van der Waals surface area (Å²) in [4.78, 5) is 24.4. The molecule has 2 unspecified atom stereocenters. The maximum Gasteiger partial charge on any atom is 0.407 e. The zero-order valence-electron chi connectivity index (χ0n) is 17.2. The van der Waals surface area contributed by atoms with Crippen molar-refractivity contribution >= 4 is 35.1 Å². The van der Waals surface area contributed by atoms with Crippen LogP contribution in [0.15, 0.2) is 42.5 Å². The molecule has 0 aliphatic carbocycles. The van der Waals surface area contributed by atoms with Gasteiger partial charge in [0.05, 0.1) is 16.6 Å². The Morgan fingerprint density at radius 3 is 2.52 bits per heavy atom. The van der Waals surface area contributed by atoms with Gasteiger partial charge in [0, 0.05) is 17.8 Å². The molecule has 0 spiro atoms. The molecule has 2 rings (SSSR count). The molecule has 7 nitrogen and oxygen atoms in total. The SMILES string of the molecule is C#CCC(CC)OC(=O)NC(C)c1cccc(NC(=O)Nc2ccc(C#N)c(Cl)c2)c1. The number of nitrogens with zero attached hydrogens (tertiary/aromatic N) is 1. The van der Waals surface area contributed by atoms with Crippen LogP contribution >= 0.6 is 11.6 Å². The number of terminal acetylenes is 1. The molecular formula is C23H23ClN4O3. The minimum Gasteiger partial charge on any atom is -0.445 e. The van der Waals surface area contributed by atoms with Crippen LogP contribution in [0.3, 0.4) is 0 Å². The maximum atomic E-state index is 12.3. The van der Waals surface area contributed by atoms with Crippen molar-refractivity contribution in [3.63, 3.8) is 0 Å². The van der Waals surface area contributed by atoms with Crippen molar-refractivity contribution in [2.75, 3.05) is 10.6 Å². The summed E-state index contributed by atoms with van der Waals surface area (Å²) in [6.45, 7) is 3.70. The van der Waals surface area contributed by atoms with Crippen LogP contribution in [0.2, 0.25) is 5.02 Å². The van der Waals surface area contributed by atoms with E-state index in [0.29, 0.717) is 29.8 Å². The van der Waals surface area contributed by atoms with Crippen molar-refractivity contribution in [1.82, 2.24) is 5.32 Å². The first-order valence-corrected chi connectivity index (χ1v) is 10.0. The minimum atomic E-state index is -0.552. The van der Waals surface area contributed by atoms with Gasteiger partial charge in [0.1, 0.15) is 12.2 Å². The Bertz CT molecular complexity index is 1030. The van der Waals surface area contributed by atoms with Crippen molar-refractivity contribution in [3.8, 4) is 18.4 Å². The fraction of sp³-hybridized carbons (Fsp3) is 0.261. The van der Waals surface area contributed by atoms with Crippen molar-refractivity contribution < 1.29 is 14.3 Å². The molecule has 0 saturated carbocycles. The summed E-state index contributed by atoms with van der Waals surface area (Å²) in [6.07, 6.45) is 5.38. The number of rotatable bonds is 7. The number of halogens is 1. The lowest BCUT2D eigenvalue weighted by Gasteiger charge is -2.18. The molecule has 0 heterocycles. The highest BCUT2D eigenvalue weighted by Crippen LogP contribution is 2.21. The second-order valence-corrected chi connectivity index (χ2v) is 7.13. The van der Waals surface area contributed by atoms with E-state index in [1.54, 1.807) is 31.2 Å². The zero-order chi connectivity index (χ0) is 22.8. The van der Waals surface area contributed by atoms with Crippen LogP contribution in [0.4, 0.5) is 21.0 Å². The molecule has 0 aliphatic heterocycles. The van der Waals surface area contributed by atoms with Gasteiger partial charge < -0.3 is 20.7 Å². The van der Waals surface area contributed by atoms with E-state index in [4.69, 9.17) is 28.0 Å². The number of urea groups is 1. The van der Waals surface area contributed by atoms with Crippen LogP contribution in [0.1, 0.15) is 43.9 Å². The third-order valence-electron chi connectivity index (χ3n) is 4.40. The number of hydrogen-bond donors (Lipinski definition) is 3. The Morgan fingerprint density at radius 1 is 1.19 bits per heavy atom. The molecule has 31 heavy (non-hydrogen) atoms. The Hall–Kier alpha value is -3.68. The fourth-order valence-corrected chi connectivity index (χ4v) is 2.93. The normalized spacial score (nSPS) is 11.9. The molecule has 0 fully saturated rings. The highest BCUT2D eigenvalue weighted by molar-refractivity contribution is 6.32. The highest BCUT2D eigenvalue weighted by Gasteiger charge is 2.15. The summed E-state index contributed by atoms with van der Waals surface area (Å²) in [5.74, 6) is 2.49. The van der Waals surface area contributed by atoms with E-state index in [2.05, 4.69) is 21.9 Å². The van der Waals surface area contributed by atoms with Gasteiger partial charge in [-0.15, -0.1) is 12.3 Å². The maximum absolute atomic E-state index is 12.3. The van der Waals surface area contributed by atoms with Gasteiger partial charge in [0.15, 0.2) is 0 Å². The van der Waals surface area contributed by atoms with E-state index in [1.165, 1.54) is 12.1 Å². The quantitative estimate of drug-likeness (QED) is 0.500. The number of hydrogen-bond acceptors (Lipinski definition) is 4. The Kier molecular flexibility index (Phi) is 8.75. The number of alkyl carbamates (subject to hydrolysis) is 1. The van der Waals surface area contributed by atoms with E-state index < -0.39 is 12.1 Å². The van der Waals surface area contributed by atoms with Crippen LogP contribution in [0.5, 0.6) is 0 Å². The Labute approximate surface area is 186 Å². The van der Waals surface area contributed by atoms with Crippen molar-refractivity contribution in [1.29, 1.82) is 5.26 Å². The van der Waals surface area contributed by atoms with Crippen LogP contribution in [0, 0.1) is 23.7 Å². The lowest BCUT2D eigenvalue weighted by Crippen LogP contribution is -2.31. The van der Waals surface area contributed by atoms with Gasteiger partial charge >= 0.3 is 12.1 Å². The third kappa shape index (κ3) is 7.26. The molecule has 0 radical (unpaired) electrons. The van der Waals surface area contributed by atoms with E-state index in [-0.39, 0.29) is 17.2 Å². The van der Waals surface area contributed by atoms with Crippen LogP contribution in [0.25, 0.3) is 0 Å². The first kappa shape index (κ1) is 23.6. The number of nitriles is 1. The average molecular weight is 439 g/mol. The second-order valence-electron chi connectivity index (χ2n) is 6.72. The highest BCUT2D eigenvalue weighted by atomic mass is 35.5. The van der Waals surface area contributed by atoms with Crippen molar-refractivity contribution in [2.24, 2.45) is 0 Å². The lowest BCUT2D eigenvalue weighted by molar-refractivity contribution is 0.0952. The number of carbonyl (C=O) groups is 2. The van der Waals surface area contributed by atoms with E-state index in [9.17, 15) is 9.59 Å². The second kappa shape index (κ2) is 11.5. The molecule has 8 heteroatoms. The molecule has 160 valence electrons. The summed E-state index contributed by atoms with van der Waals surface area (Å²) in [6, 6.07) is 12.8. The smallest absolute Gasteiger partial charge is 0.407 e. The van der Waals surface area contributed by atoms with E-state index in [1.807, 2.05) is 19.1 Å². The van der Waals surface area contributed by atoms with E-state index in [0.717, 1.165) is 5.56 Å². The molecular weight excluding hydrogens is 416 g/mol. The predicted octanol–water partition coefficient (Wildman–Crippen LogP) is 5.44. The standard InChI is InChI=1S/C23H23ClN4O3/c1-4-7-20(5-2)31-23(30)26-15(3)16-8-6-9-18(12-16)27-22(29)28-19-11-10-17(14-25)21(24)13-19/h1,6,8-13,15,20H,5,7H2,2-3H3,(H,26,30)(H2,27,28,29). The Balaban J connectivity index is 1.97. The van der Waals surface area contributed by atoms with Gasteiger partial charge in [-0.05, 0) is 49.2 Å². The van der Waals surface area contributed by atoms with Gasteiger partial charge in [0.2, 0.25) is 0 Å². The molecule has 0 bridgehead atoms. The number of amides is 3. The average Bonchev–Trinajstić information content (AvgIpc) is 2.73. The summed E-state index contributed by atoms with van der Waals surface area (Å²) in [7, 11) is 0. The van der Waals surface area contributed by atoms with E-state index >= 15 is 0 Å². The lowest BCUT2D eigenvalue weighted by atomic mass is 10.1. The number of ether oxygens (including phenoxy) is 1. The molecule has 3 N–H and O–H groups in total. The summed E-state index contributed by atoms with van der Waals surface area (Å²) < 4.78 is 5.32. The van der Waals surface area contributed by atoms with Gasteiger partial charge in [0.25, 0.3) is 0 Å². The van der Waals surface area contributed by atoms with Crippen molar-refractivity contribution in [3.05, 3.63) is 58.6 Å². The van der Waals surface area contributed by atoms with Gasteiger partial charge in [-0.3, -0.25) is 0 Å². The first-order valence-electron chi connectivity index (χ1n) is 9.64. The van der Waals surface area contributed by atoms with Gasteiger partial charge in [-0.25, -0.2) is 9.59 Å². The van der Waals surface area contributed by atoms with Crippen LogP contribution in [-0.2, 0) is 4.74 Å². The minimum absolute atomic E-state index is 0.252. The largest absolute Gasteiger partial charge is 0.445 e. The Morgan fingerprint density at radius 2 is 1.90 bits per heavy atom. The van der Waals surface area contributed by atoms with Crippen molar-refractivity contribution in [2.45, 2.75) is 38.8 Å². The summed E-state index contributed by atoms with van der Waals surface area (Å²) >= 11 is 5.98. The number of anilines is 2. The molecule has 0 saturated heterocycles. The monoisotopic (exact) mass is 438 g/mol. The number of nitrogens with one attached hydrogen (secondary N) is 3.